The fourth-order valence-electron chi connectivity index (χ4n) is 7.81. The van der Waals surface area contributed by atoms with Crippen LogP contribution in [0.5, 0.6) is 0 Å². The van der Waals surface area contributed by atoms with Crippen LogP contribution in [0.15, 0.2) is 0 Å². The largest absolute Gasteiger partial charge is 0.395 e. The van der Waals surface area contributed by atoms with Gasteiger partial charge in [0, 0.05) is 24.5 Å². The summed E-state index contributed by atoms with van der Waals surface area (Å²) in [5.41, 5.74) is -0.353. The van der Waals surface area contributed by atoms with Crippen molar-refractivity contribution in [2.45, 2.75) is 109 Å². The summed E-state index contributed by atoms with van der Waals surface area (Å²) >= 11 is 0. The molecule has 0 aromatic carbocycles. The number of amides is 1. The average Bonchev–Trinajstić information content (AvgIpc) is 2.76. The Morgan fingerprint density at radius 1 is 0.882 bits per heavy atom. The summed E-state index contributed by atoms with van der Waals surface area (Å²) < 4.78 is 0. The molecule has 0 radical (unpaired) electrons. The number of piperidine rings is 1. The molecule has 0 aromatic heterocycles. The van der Waals surface area contributed by atoms with Crippen LogP contribution in [-0.4, -0.2) is 92.8 Å². The third kappa shape index (κ3) is 5.49. The van der Waals surface area contributed by atoms with Crippen LogP contribution in [0.4, 0.5) is 0 Å². The molecule has 4 N–H and O–H groups in total. The lowest BCUT2D eigenvalue weighted by Crippen LogP contribution is -2.62. The molecule has 5 fully saturated rings. The highest BCUT2D eigenvalue weighted by Gasteiger charge is 2.51. The normalized spacial score (nSPS) is 40.0. The predicted molar refractivity (Wildman–Crippen MR) is 131 cm³/mol. The summed E-state index contributed by atoms with van der Waals surface area (Å²) in [4.78, 5) is 17.7. The Kier molecular flexibility index (Phi) is 8.30. The van der Waals surface area contributed by atoms with Gasteiger partial charge in [-0.25, -0.2) is 0 Å². The zero-order valence-electron chi connectivity index (χ0n) is 21.5. The van der Waals surface area contributed by atoms with E-state index in [4.69, 9.17) is 0 Å². The topological polar surface area (TPSA) is 104 Å². The summed E-state index contributed by atoms with van der Waals surface area (Å²) in [7, 11) is 0. The summed E-state index contributed by atoms with van der Waals surface area (Å²) in [6.45, 7) is 7.70. The first-order valence-corrected chi connectivity index (χ1v) is 13.8. The summed E-state index contributed by atoms with van der Waals surface area (Å²) in [6.07, 6.45) is 7.31. The van der Waals surface area contributed by atoms with Gasteiger partial charge in [0.25, 0.3) is 0 Å². The molecule has 7 nitrogen and oxygen atoms in total. The summed E-state index contributed by atoms with van der Waals surface area (Å²) in [5, 5.41) is 39.7. The number of unbranched alkanes of at least 4 members (excludes halogenated alkanes) is 3. The molecule has 34 heavy (non-hydrogen) atoms. The number of rotatable bonds is 9. The van der Waals surface area contributed by atoms with Crippen molar-refractivity contribution in [3.8, 4) is 0 Å². The van der Waals surface area contributed by atoms with Gasteiger partial charge in [0.15, 0.2) is 0 Å². The van der Waals surface area contributed by atoms with Crippen molar-refractivity contribution in [1.29, 1.82) is 0 Å². The molecule has 4 saturated carbocycles. The molecule has 1 aliphatic heterocycles. The molecule has 0 unspecified atom stereocenters. The number of likely N-dealkylation sites (tertiary alicyclic amines) is 1. The van der Waals surface area contributed by atoms with Crippen molar-refractivity contribution in [3.05, 3.63) is 0 Å². The number of aliphatic hydroxyl groups is 4. The molecule has 0 aromatic rings. The van der Waals surface area contributed by atoms with Crippen molar-refractivity contribution < 1.29 is 25.2 Å². The third-order valence-corrected chi connectivity index (χ3v) is 9.25. The maximum Gasteiger partial charge on any atom is 0.228 e. The first kappa shape index (κ1) is 26.3. The zero-order chi connectivity index (χ0) is 24.6. The maximum atomic E-state index is 13.5. The van der Waals surface area contributed by atoms with Crippen LogP contribution in [0.25, 0.3) is 0 Å². The zero-order valence-corrected chi connectivity index (χ0v) is 21.5. The highest BCUT2D eigenvalue weighted by Crippen LogP contribution is 2.55. The van der Waals surface area contributed by atoms with Crippen LogP contribution >= 0.6 is 0 Å². The van der Waals surface area contributed by atoms with Crippen molar-refractivity contribution in [3.63, 3.8) is 0 Å². The molecule has 7 heteroatoms. The Hall–Kier alpha value is -0.730. The molecule has 5 rings (SSSR count). The van der Waals surface area contributed by atoms with E-state index in [0.717, 1.165) is 44.1 Å². The van der Waals surface area contributed by atoms with Gasteiger partial charge in [-0.05, 0) is 75.2 Å². The van der Waals surface area contributed by atoms with Gasteiger partial charge in [0.05, 0.1) is 18.8 Å². The Labute approximate surface area is 205 Å². The number of carbonyl (C=O) groups is 1. The van der Waals surface area contributed by atoms with Gasteiger partial charge < -0.3 is 25.3 Å². The molecule has 1 heterocycles. The van der Waals surface area contributed by atoms with Crippen molar-refractivity contribution in [1.82, 2.24) is 9.80 Å². The molecule has 5 aliphatic rings. The molecule has 4 atom stereocenters. The lowest BCUT2D eigenvalue weighted by atomic mass is 9.53. The van der Waals surface area contributed by atoms with Gasteiger partial charge in [-0.2, -0.15) is 0 Å². The predicted octanol–water partition coefficient (Wildman–Crippen LogP) is 2.01. The monoisotopic (exact) mass is 480 g/mol. The quantitative estimate of drug-likeness (QED) is 0.376. The first-order valence-electron chi connectivity index (χ1n) is 13.8. The molecule has 4 aliphatic carbocycles. The molecule has 1 amide bonds. The van der Waals surface area contributed by atoms with Gasteiger partial charge in [-0.3, -0.25) is 9.69 Å². The molecule has 0 spiro atoms. The van der Waals surface area contributed by atoms with E-state index in [-0.39, 0.29) is 18.6 Å². The number of β-amino-alcohol motifs (C(OH)–C–C–N with tert-alkyl or cyclic N) is 1. The number of carbonyl (C=O) groups excluding carboxylic acids is 1. The van der Waals surface area contributed by atoms with Crippen molar-refractivity contribution in [2.75, 3.05) is 26.2 Å². The van der Waals surface area contributed by atoms with Gasteiger partial charge in [0.2, 0.25) is 5.91 Å². The summed E-state index contributed by atoms with van der Waals surface area (Å²) in [6, 6.07) is -0.0946. The molecule has 1 saturated heterocycles. The van der Waals surface area contributed by atoms with Crippen LogP contribution in [0, 0.1) is 29.1 Å². The van der Waals surface area contributed by atoms with Crippen LogP contribution in [0.2, 0.25) is 0 Å². The second kappa shape index (κ2) is 10.7. The Balaban J connectivity index is 1.27. The van der Waals surface area contributed by atoms with Crippen LogP contribution < -0.4 is 0 Å². The van der Waals surface area contributed by atoms with E-state index >= 15 is 0 Å². The second-order valence-corrected chi connectivity index (χ2v) is 12.9. The maximum absolute atomic E-state index is 13.5. The van der Waals surface area contributed by atoms with E-state index in [9.17, 15) is 25.2 Å². The molecule has 196 valence electrons. The third-order valence-electron chi connectivity index (χ3n) is 9.25. The van der Waals surface area contributed by atoms with Gasteiger partial charge in [-0.1, -0.05) is 33.6 Å². The van der Waals surface area contributed by atoms with E-state index in [1.807, 2.05) is 25.7 Å². The van der Waals surface area contributed by atoms with E-state index in [1.165, 1.54) is 32.1 Å². The highest BCUT2D eigenvalue weighted by molar-refractivity contribution is 5.82. The van der Waals surface area contributed by atoms with Gasteiger partial charge >= 0.3 is 0 Å². The smallest absolute Gasteiger partial charge is 0.228 e. The van der Waals surface area contributed by atoms with E-state index in [0.29, 0.717) is 30.3 Å². The van der Waals surface area contributed by atoms with E-state index < -0.39 is 24.4 Å². The molecular formula is C27H48N2O5. The highest BCUT2D eigenvalue weighted by atomic mass is 16.4. The minimum Gasteiger partial charge on any atom is -0.395 e. The summed E-state index contributed by atoms with van der Waals surface area (Å²) in [5.74, 6) is 3.52. The van der Waals surface area contributed by atoms with E-state index in [1.54, 1.807) is 0 Å². The van der Waals surface area contributed by atoms with Gasteiger partial charge in [0.1, 0.15) is 12.2 Å². The number of nitrogens with zero attached hydrogens (tertiary/aromatic N) is 2. The van der Waals surface area contributed by atoms with E-state index in [2.05, 4.69) is 4.90 Å². The minimum absolute atomic E-state index is 0.236. The lowest BCUT2D eigenvalue weighted by Gasteiger charge is -2.57. The SMILES string of the molecule is CC(C)(C)C(=O)N(CCCCCCN1C[C@H](O)[C@@H](O)[C@H](O)[C@H]1CO)C1C2C[C@H]3C[C@H](C2)C[C@H]1C3. The second-order valence-electron chi connectivity index (χ2n) is 12.9. The fraction of sp³-hybridized carbons (Fsp3) is 0.963. The van der Waals surface area contributed by atoms with Crippen LogP contribution in [-0.2, 0) is 4.79 Å². The Morgan fingerprint density at radius 3 is 2.03 bits per heavy atom. The standard InChI is InChI=1S/C27H48N2O5/c1-27(2,3)26(34)29(23-19-11-17-10-18(13-19)14-20(23)12-17)9-7-5-4-6-8-28-15-22(31)25(33)24(32)21(28)16-30/h17-25,30-33H,4-16H2,1-3H3/t17-,18-,19-,20?,21+,22-,23?,24+,25+/m0/s1. The first-order chi connectivity index (χ1) is 16.1. The Bertz CT molecular complexity index is 667. The number of aliphatic hydroxyl groups excluding tert-OH is 4. The molecule has 4 bridgehead atoms. The average molecular weight is 481 g/mol. The number of hydrogen-bond acceptors (Lipinski definition) is 6. The van der Waals surface area contributed by atoms with Crippen LogP contribution in [0.1, 0.15) is 78.6 Å². The number of hydrogen-bond donors (Lipinski definition) is 4. The molecular weight excluding hydrogens is 432 g/mol. The van der Waals surface area contributed by atoms with Crippen LogP contribution in [0.3, 0.4) is 0 Å². The van der Waals surface area contributed by atoms with Crippen molar-refractivity contribution in [2.24, 2.45) is 29.1 Å². The fourth-order valence-corrected chi connectivity index (χ4v) is 7.81. The van der Waals surface area contributed by atoms with Crippen molar-refractivity contribution >= 4 is 5.91 Å². The lowest BCUT2D eigenvalue weighted by molar-refractivity contribution is -0.152. The van der Waals surface area contributed by atoms with Gasteiger partial charge in [-0.15, -0.1) is 0 Å². The Morgan fingerprint density at radius 2 is 1.47 bits per heavy atom. The minimum atomic E-state index is -1.20.